The summed E-state index contributed by atoms with van der Waals surface area (Å²) in [6.07, 6.45) is 1.73. The Morgan fingerprint density at radius 2 is 1.82 bits per heavy atom. The number of hydrogen-bond acceptors (Lipinski definition) is 9. The van der Waals surface area contributed by atoms with Crippen molar-refractivity contribution in [2.75, 3.05) is 11.9 Å². The highest BCUT2D eigenvalue weighted by Gasteiger charge is 2.32. The lowest BCUT2D eigenvalue weighted by Gasteiger charge is -2.25. The Hall–Kier alpha value is -4.71. The minimum Gasteiger partial charge on any atom is -0.494 e. The van der Waals surface area contributed by atoms with Crippen LogP contribution >= 0.6 is 34.4 Å². The van der Waals surface area contributed by atoms with E-state index in [0.29, 0.717) is 43.8 Å². The normalized spacial score (nSPS) is 14.8. The number of carbonyl (C=O) groups excluding carboxylic acids is 1. The largest absolute Gasteiger partial charge is 0.494 e. The van der Waals surface area contributed by atoms with E-state index in [4.69, 9.17) is 19.1 Å². The number of allylic oxidation sites excluding steroid dienone is 1. The Labute approximate surface area is 270 Å². The molecule has 1 N–H and O–H groups in total. The highest BCUT2D eigenvalue weighted by Crippen LogP contribution is 2.36. The van der Waals surface area contributed by atoms with Gasteiger partial charge in [-0.25, -0.2) is 9.98 Å². The average Bonchev–Trinajstić information content (AvgIpc) is 3.74. The van der Waals surface area contributed by atoms with Crippen LogP contribution in [-0.2, 0) is 4.79 Å². The number of carbonyl (C=O) groups is 1. The van der Waals surface area contributed by atoms with Gasteiger partial charge in [0.2, 0.25) is 0 Å². The van der Waals surface area contributed by atoms with E-state index < -0.39 is 6.04 Å². The number of thiazole rings is 2. The maximum atomic E-state index is 14.0. The van der Waals surface area contributed by atoms with Crippen molar-refractivity contribution in [2.45, 2.75) is 29.3 Å². The molecule has 45 heavy (non-hydrogen) atoms. The molecule has 0 spiro atoms. The minimum absolute atomic E-state index is 0.244. The number of nitrogens with zero attached hydrogens (tertiary/aromatic N) is 3. The molecule has 1 atom stereocenters. The number of anilines is 1. The first-order valence-corrected chi connectivity index (χ1v) is 16.7. The number of fused-ring (bicyclic) bond motifs is 2. The number of nitrogens with one attached hydrogen (secondary N) is 1. The highest BCUT2D eigenvalue weighted by molar-refractivity contribution is 8.01. The second-order valence-electron chi connectivity index (χ2n) is 10.1. The lowest BCUT2D eigenvalue weighted by Crippen LogP contribution is -2.40. The van der Waals surface area contributed by atoms with Crippen LogP contribution in [0.2, 0.25) is 0 Å². The zero-order valence-electron chi connectivity index (χ0n) is 24.2. The van der Waals surface area contributed by atoms with Gasteiger partial charge in [-0.05, 0) is 73.6 Å². The smallest absolute Gasteiger partial charge is 0.271 e. The van der Waals surface area contributed by atoms with Crippen molar-refractivity contribution in [1.82, 2.24) is 9.55 Å². The van der Waals surface area contributed by atoms with Gasteiger partial charge in [0.25, 0.3) is 11.5 Å². The molecule has 0 saturated heterocycles. The molecule has 1 amide bonds. The van der Waals surface area contributed by atoms with Crippen LogP contribution in [-0.4, -0.2) is 22.1 Å². The van der Waals surface area contributed by atoms with Gasteiger partial charge in [-0.15, -0.1) is 11.3 Å². The van der Waals surface area contributed by atoms with Crippen LogP contribution in [0.5, 0.6) is 5.75 Å². The van der Waals surface area contributed by atoms with Gasteiger partial charge in [0.1, 0.15) is 11.5 Å². The van der Waals surface area contributed by atoms with E-state index in [0.717, 1.165) is 25.9 Å². The summed E-state index contributed by atoms with van der Waals surface area (Å²) in [5.41, 5.74) is 3.13. The lowest BCUT2D eigenvalue weighted by molar-refractivity contribution is -0.113. The molecule has 3 aromatic heterocycles. The van der Waals surface area contributed by atoms with Crippen LogP contribution < -0.4 is 24.9 Å². The van der Waals surface area contributed by atoms with Gasteiger partial charge in [-0.1, -0.05) is 59.9 Å². The second kappa shape index (κ2) is 12.4. The van der Waals surface area contributed by atoms with Gasteiger partial charge in [0.05, 0.1) is 38.7 Å². The monoisotopic (exact) mass is 650 g/mol. The Bertz CT molecular complexity index is 2250. The van der Waals surface area contributed by atoms with Gasteiger partial charge in [0.15, 0.2) is 14.2 Å². The fraction of sp³-hybridized carbons (Fsp3) is 0.118. The van der Waals surface area contributed by atoms with E-state index in [1.165, 1.54) is 23.1 Å². The van der Waals surface area contributed by atoms with Crippen LogP contribution in [0.3, 0.4) is 0 Å². The summed E-state index contributed by atoms with van der Waals surface area (Å²) in [7, 11) is 0. The van der Waals surface area contributed by atoms with Crippen LogP contribution in [0.25, 0.3) is 16.3 Å². The molecule has 6 aromatic rings. The van der Waals surface area contributed by atoms with Gasteiger partial charge < -0.3 is 14.5 Å². The number of furan rings is 1. The summed E-state index contributed by atoms with van der Waals surface area (Å²) < 4.78 is 15.7. The summed E-state index contributed by atoms with van der Waals surface area (Å²) in [4.78, 5) is 37.6. The zero-order valence-corrected chi connectivity index (χ0v) is 26.7. The number of amides is 1. The van der Waals surface area contributed by atoms with E-state index in [1.54, 1.807) is 22.0 Å². The third kappa shape index (κ3) is 5.89. The molecule has 7 rings (SSSR count). The number of para-hydroxylation sites is 1. The van der Waals surface area contributed by atoms with E-state index in [2.05, 4.69) is 5.32 Å². The number of ether oxygens (including phenoxy) is 1. The van der Waals surface area contributed by atoms with Crippen molar-refractivity contribution >= 4 is 62.3 Å². The van der Waals surface area contributed by atoms with E-state index in [-0.39, 0.29) is 11.5 Å². The van der Waals surface area contributed by atoms with Crippen molar-refractivity contribution in [1.29, 1.82) is 0 Å². The Balaban J connectivity index is 1.21. The number of aromatic nitrogens is 2. The average molecular weight is 651 g/mol. The summed E-state index contributed by atoms with van der Waals surface area (Å²) >= 11 is 4.27. The number of rotatable bonds is 8. The van der Waals surface area contributed by atoms with Gasteiger partial charge >= 0.3 is 0 Å². The van der Waals surface area contributed by atoms with E-state index in [9.17, 15) is 9.59 Å². The van der Waals surface area contributed by atoms with Gasteiger partial charge in [-0.3, -0.25) is 14.2 Å². The summed E-state index contributed by atoms with van der Waals surface area (Å²) in [6.45, 7) is 4.37. The summed E-state index contributed by atoms with van der Waals surface area (Å²) in [5, 5.41) is 3.64. The van der Waals surface area contributed by atoms with Crippen molar-refractivity contribution in [3.05, 3.63) is 133 Å². The third-order valence-electron chi connectivity index (χ3n) is 7.13. The first kappa shape index (κ1) is 29.0. The fourth-order valence-corrected chi connectivity index (χ4v) is 8.17. The predicted molar refractivity (Wildman–Crippen MR) is 179 cm³/mol. The SMILES string of the molecule is CCOc1ccc2nc(Sc3ccc(/C=c4\sc5n(c4=O)[C@H](c4ccccc4)C(C(=O)Nc4ccccc4)=C(C)N=5)o3)sc2c1. The molecule has 1 aliphatic heterocycles. The Kier molecular flexibility index (Phi) is 7.97. The van der Waals surface area contributed by atoms with Gasteiger partial charge in [-0.2, -0.15) is 0 Å². The maximum absolute atomic E-state index is 14.0. The first-order valence-electron chi connectivity index (χ1n) is 14.2. The third-order valence-corrected chi connectivity index (χ3v) is 10.1. The molecule has 0 fully saturated rings. The van der Waals surface area contributed by atoms with E-state index in [1.807, 2.05) is 105 Å². The predicted octanol–water partition coefficient (Wildman–Crippen LogP) is 6.63. The molecule has 8 nitrogen and oxygen atoms in total. The highest BCUT2D eigenvalue weighted by atomic mass is 32.2. The maximum Gasteiger partial charge on any atom is 0.271 e. The van der Waals surface area contributed by atoms with Crippen LogP contribution in [0, 0.1) is 0 Å². The lowest BCUT2D eigenvalue weighted by atomic mass is 9.95. The molecule has 0 unspecified atom stereocenters. The number of benzene rings is 3. The molecule has 1 aliphatic rings. The quantitative estimate of drug-likeness (QED) is 0.199. The van der Waals surface area contributed by atoms with Crippen LogP contribution in [0.1, 0.15) is 31.2 Å². The summed E-state index contributed by atoms with van der Waals surface area (Å²) in [5.74, 6) is 1.05. The second-order valence-corrected chi connectivity index (χ2v) is 13.4. The zero-order chi connectivity index (χ0) is 30.9. The van der Waals surface area contributed by atoms with Crippen LogP contribution in [0.15, 0.2) is 126 Å². The molecule has 0 radical (unpaired) electrons. The van der Waals surface area contributed by atoms with Crippen molar-refractivity contribution in [2.24, 2.45) is 4.99 Å². The molecule has 3 aromatic carbocycles. The molecule has 11 heteroatoms. The van der Waals surface area contributed by atoms with Crippen molar-refractivity contribution in [3.8, 4) is 5.75 Å². The molecule has 224 valence electrons. The molecular weight excluding hydrogens is 625 g/mol. The van der Waals surface area contributed by atoms with Crippen molar-refractivity contribution < 1.29 is 13.9 Å². The molecule has 0 saturated carbocycles. The molecule has 0 aliphatic carbocycles. The topological polar surface area (TPSA) is 98.7 Å². The first-order chi connectivity index (χ1) is 22.0. The van der Waals surface area contributed by atoms with E-state index >= 15 is 0 Å². The van der Waals surface area contributed by atoms with Crippen LogP contribution in [0.4, 0.5) is 5.69 Å². The van der Waals surface area contributed by atoms with Crippen molar-refractivity contribution in [3.63, 3.8) is 0 Å². The summed E-state index contributed by atoms with van der Waals surface area (Å²) in [6, 6.07) is 27.7. The Morgan fingerprint density at radius 1 is 1.04 bits per heavy atom. The number of hydrogen-bond donors (Lipinski definition) is 1. The minimum atomic E-state index is -0.640. The standard InChI is InChI=1S/C34H26N4O4S3/c1-3-41-23-14-16-25-26(18-23)44-34(37-25)45-28-17-15-24(42-28)19-27-32(40)38-30(21-10-6-4-7-11-21)29(20(2)35-33(38)43-27)31(39)36-22-12-8-5-9-13-22/h4-19,30H,3H2,1-2H3,(H,36,39)/b27-19-/t30-/m1/s1. The van der Waals surface area contributed by atoms with Gasteiger partial charge in [0, 0.05) is 11.8 Å². The molecule has 4 heterocycles. The molecule has 0 bridgehead atoms. The molecular formula is C34H26N4O4S3. The Morgan fingerprint density at radius 3 is 2.60 bits per heavy atom. The fourth-order valence-electron chi connectivity index (χ4n) is 5.15.